The molecule has 1 aliphatic heterocycles. The lowest BCUT2D eigenvalue weighted by Gasteiger charge is -2.33. The average Bonchev–Trinajstić information content (AvgIpc) is 2.46. The van der Waals surface area contributed by atoms with Crippen molar-refractivity contribution in [3.8, 4) is 0 Å². The number of aliphatic carboxylic acids is 1. The third-order valence-electron chi connectivity index (χ3n) is 3.79. The minimum absolute atomic E-state index is 0.0675. The SMILES string of the molecule is Cc1cccc(CN(C)C(=O)N2CCC(C(=O)O)CC2)n1. The Morgan fingerprint density at radius 1 is 1.38 bits per heavy atom. The maximum atomic E-state index is 12.3. The molecule has 1 aliphatic rings. The van der Waals surface area contributed by atoms with Crippen LogP contribution < -0.4 is 0 Å². The highest BCUT2D eigenvalue weighted by molar-refractivity contribution is 5.75. The van der Waals surface area contributed by atoms with Crippen molar-refractivity contribution < 1.29 is 14.7 Å². The van der Waals surface area contributed by atoms with E-state index in [9.17, 15) is 9.59 Å². The van der Waals surface area contributed by atoms with E-state index in [0.717, 1.165) is 11.4 Å². The van der Waals surface area contributed by atoms with Crippen LogP contribution >= 0.6 is 0 Å². The molecule has 2 amide bonds. The van der Waals surface area contributed by atoms with E-state index in [1.54, 1.807) is 16.8 Å². The smallest absolute Gasteiger partial charge is 0.320 e. The molecule has 1 saturated heterocycles. The van der Waals surface area contributed by atoms with E-state index in [1.165, 1.54) is 0 Å². The molecule has 2 heterocycles. The van der Waals surface area contributed by atoms with E-state index < -0.39 is 5.97 Å². The number of hydrogen-bond acceptors (Lipinski definition) is 3. The molecule has 21 heavy (non-hydrogen) atoms. The summed E-state index contributed by atoms with van der Waals surface area (Å²) in [4.78, 5) is 31.0. The van der Waals surface area contributed by atoms with E-state index in [4.69, 9.17) is 5.11 Å². The Hall–Kier alpha value is -2.11. The van der Waals surface area contributed by atoms with Crippen molar-refractivity contribution in [3.63, 3.8) is 0 Å². The summed E-state index contributed by atoms with van der Waals surface area (Å²) in [6.45, 7) is 3.38. The van der Waals surface area contributed by atoms with Crippen molar-refractivity contribution in [1.29, 1.82) is 0 Å². The Morgan fingerprint density at radius 2 is 2.05 bits per heavy atom. The van der Waals surface area contributed by atoms with E-state index in [1.807, 2.05) is 25.1 Å². The second-order valence-corrected chi connectivity index (χ2v) is 5.51. The van der Waals surface area contributed by atoms with E-state index in [2.05, 4.69) is 4.98 Å². The van der Waals surface area contributed by atoms with Gasteiger partial charge in [-0.1, -0.05) is 6.07 Å². The predicted octanol–water partition coefficient (Wildman–Crippen LogP) is 1.74. The van der Waals surface area contributed by atoms with Crippen LogP contribution in [0.3, 0.4) is 0 Å². The van der Waals surface area contributed by atoms with Crippen molar-refractivity contribution in [2.75, 3.05) is 20.1 Å². The number of likely N-dealkylation sites (tertiary alicyclic amines) is 1. The van der Waals surface area contributed by atoms with E-state index in [-0.39, 0.29) is 11.9 Å². The van der Waals surface area contributed by atoms with Gasteiger partial charge in [-0.05, 0) is 31.9 Å². The molecule has 2 rings (SSSR count). The summed E-state index contributed by atoms with van der Waals surface area (Å²) < 4.78 is 0. The number of urea groups is 1. The molecule has 0 unspecified atom stereocenters. The molecule has 6 nitrogen and oxygen atoms in total. The van der Waals surface area contributed by atoms with Gasteiger partial charge in [0.25, 0.3) is 0 Å². The summed E-state index contributed by atoms with van der Waals surface area (Å²) in [6.07, 6.45) is 1.05. The second kappa shape index (κ2) is 6.56. The van der Waals surface area contributed by atoms with Crippen LogP contribution in [0.15, 0.2) is 18.2 Å². The molecule has 1 N–H and O–H groups in total. The molecule has 0 aromatic carbocycles. The second-order valence-electron chi connectivity index (χ2n) is 5.51. The Labute approximate surface area is 124 Å². The van der Waals surface area contributed by atoms with Crippen LogP contribution in [0.5, 0.6) is 0 Å². The Bertz CT molecular complexity index is 525. The first-order valence-electron chi connectivity index (χ1n) is 7.12. The summed E-state index contributed by atoms with van der Waals surface area (Å²) in [5.74, 6) is -1.09. The minimum atomic E-state index is -0.764. The number of carboxylic acid groups (broad SMARTS) is 1. The molecule has 0 radical (unpaired) electrons. The molecular weight excluding hydrogens is 270 g/mol. The maximum absolute atomic E-state index is 12.3. The lowest BCUT2D eigenvalue weighted by atomic mass is 9.97. The first kappa shape index (κ1) is 15.3. The van der Waals surface area contributed by atoms with Crippen LogP contribution in [0.1, 0.15) is 24.2 Å². The third kappa shape index (κ3) is 3.93. The number of carbonyl (C=O) groups is 2. The van der Waals surface area contributed by atoms with Gasteiger partial charge in [-0.2, -0.15) is 0 Å². The monoisotopic (exact) mass is 291 g/mol. The number of amides is 2. The summed E-state index contributed by atoms with van der Waals surface area (Å²) in [6, 6.07) is 5.67. The van der Waals surface area contributed by atoms with Crippen molar-refractivity contribution in [1.82, 2.24) is 14.8 Å². The first-order chi connectivity index (χ1) is 9.97. The van der Waals surface area contributed by atoms with Crippen LogP contribution in [0.25, 0.3) is 0 Å². The van der Waals surface area contributed by atoms with Crippen LogP contribution in [0.2, 0.25) is 0 Å². The van der Waals surface area contributed by atoms with Gasteiger partial charge in [0.15, 0.2) is 0 Å². The highest BCUT2D eigenvalue weighted by Crippen LogP contribution is 2.18. The zero-order valence-corrected chi connectivity index (χ0v) is 12.5. The van der Waals surface area contributed by atoms with Crippen molar-refractivity contribution in [2.24, 2.45) is 5.92 Å². The molecular formula is C15H21N3O3. The molecule has 0 spiro atoms. The lowest BCUT2D eigenvalue weighted by molar-refractivity contribution is -0.143. The molecule has 114 valence electrons. The molecule has 0 saturated carbocycles. The zero-order valence-electron chi connectivity index (χ0n) is 12.5. The number of pyridine rings is 1. The van der Waals surface area contributed by atoms with Crippen molar-refractivity contribution in [3.05, 3.63) is 29.6 Å². The Balaban J connectivity index is 1.90. The molecule has 0 atom stereocenters. The van der Waals surface area contributed by atoms with Crippen LogP contribution in [0.4, 0.5) is 4.79 Å². The molecule has 6 heteroatoms. The quantitative estimate of drug-likeness (QED) is 0.920. The van der Waals surface area contributed by atoms with E-state index in [0.29, 0.717) is 32.5 Å². The first-order valence-corrected chi connectivity index (χ1v) is 7.12. The number of carboxylic acids is 1. The number of aryl methyl sites for hydroxylation is 1. The average molecular weight is 291 g/mol. The highest BCUT2D eigenvalue weighted by atomic mass is 16.4. The highest BCUT2D eigenvalue weighted by Gasteiger charge is 2.28. The number of carbonyl (C=O) groups excluding carboxylic acids is 1. The fourth-order valence-electron chi connectivity index (χ4n) is 2.56. The summed E-state index contributed by atoms with van der Waals surface area (Å²) in [7, 11) is 1.75. The number of hydrogen-bond donors (Lipinski definition) is 1. The molecule has 1 fully saturated rings. The normalized spacial score (nSPS) is 15.8. The van der Waals surface area contributed by atoms with Crippen molar-refractivity contribution >= 4 is 12.0 Å². The molecule has 1 aromatic rings. The fourth-order valence-corrected chi connectivity index (χ4v) is 2.56. The predicted molar refractivity (Wildman–Crippen MR) is 77.8 cm³/mol. The third-order valence-corrected chi connectivity index (χ3v) is 3.79. The number of piperidine rings is 1. The summed E-state index contributed by atoms with van der Waals surface area (Å²) >= 11 is 0. The minimum Gasteiger partial charge on any atom is -0.481 e. The van der Waals surface area contributed by atoms with Crippen LogP contribution in [-0.4, -0.2) is 52.0 Å². The molecule has 0 bridgehead atoms. The van der Waals surface area contributed by atoms with Gasteiger partial charge < -0.3 is 14.9 Å². The number of rotatable bonds is 3. The Morgan fingerprint density at radius 3 is 2.62 bits per heavy atom. The summed E-state index contributed by atoms with van der Waals surface area (Å²) in [5.41, 5.74) is 1.78. The van der Waals surface area contributed by atoms with Gasteiger partial charge in [0.05, 0.1) is 18.2 Å². The van der Waals surface area contributed by atoms with Gasteiger partial charge >= 0.3 is 12.0 Å². The van der Waals surface area contributed by atoms with Crippen LogP contribution in [-0.2, 0) is 11.3 Å². The van der Waals surface area contributed by atoms with Gasteiger partial charge in [0.2, 0.25) is 0 Å². The Kier molecular flexibility index (Phi) is 4.77. The topological polar surface area (TPSA) is 73.7 Å². The zero-order chi connectivity index (χ0) is 15.4. The largest absolute Gasteiger partial charge is 0.481 e. The van der Waals surface area contributed by atoms with Crippen molar-refractivity contribution in [2.45, 2.75) is 26.3 Å². The number of nitrogens with zero attached hydrogens (tertiary/aromatic N) is 3. The van der Waals surface area contributed by atoms with Gasteiger partial charge in [-0.25, -0.2) is 4.79 Å². The molecule has 1 aromatic heterocycles. The van der Waals surface area contributed by atoms with Crippen LogP contribution in [0, 0.1) is 12.8 Å². The fraction of sp³-hybridized carbons (Fsp3) is 0.533. The van der Waals surface area contributed by atoms with Gasteiger partial charge in [-0.3, -0.25) is 9.78 Å². The summed E-state index contributed by atoms with van der Waals surface area (Å²) in [5, 5.41) is 8.97. The van der Waals surface area contributed by atoms with Gasteiger partial charge in [0.1, 0.15) is 0 Å². The van der Waals surface area contributed by atoms with Gasteiger partial charge in [0, 0.05) is 25.8 Å². The lowest BCUT2D eigenvalue weighted by Crippen LogP contribution is -2.46. The standard InChI is InChI=1S/C15H21N3O3/c1-11-4-3-5-13(16-11)10-17(2)15(21)18-8-6-12(7-9-18)14(19)20/h3-5,12H,6-10H2,1-2H3,(H,19,20). The van der Waals surface area contributed by atoms with Gasteiger partial charge in [-0.15, -0.1) is 0 Å². The number of aromatic nitrogens is 1. The maximum Gasteiger partial charge on any atom is 0.320 e. The van der Waals surface area contributed by atoms with E-state index >= 15 is 0 Å². The molecule has 0 aliphatic carbocycles.